The molecular weight excluding hydrogens is 228 g/mol. The molecule has 3 N–H and O–H groups in total. The van der Waals surface area contributed by atoms with E-state index in [4.69, 9.17) is 10.5 Å². The summed E-state index contributed by atoms with van der Waals surface area (Å²) in [6.45, 7) is -0.0144. The maximum Gasteiger partial charge on any atom is 0.243 e. The highest BCUT2D eigenvalue weighted by atomic mass is 16.5. The minimum atomic E-state index is -0.418. The van der Waals surface area contributed by atoms with Crippen molar-refractivity contribution in [3.05, 3.63) is 35.5 Å². The molecule has 4 heteroatoms. The quantitative estimate of drug-likeness (QED) is 0.867. The monoisotopic (exact) mass is 244 g/mol. The molecule has 1 heterocycles. The van der Waals surface area contributed by atoms with Gasteiger partial charge in [0.25, 0.3) is 0 Å². The number of fused-ring (bicyclic) bond motifs is 3. The van der Waals surface area contributed by atoms with Gasteiger partial charge in [0, 0.05) is 16.6 Å². The normalized spacial score (nSPS) is 18.8. The van der Waals surface area contributed by atoms with E-state index in [9.17, 15) is 4.79 Å². The molecule has 1 aromatic heterocycles. The van der Waals surface area contributed by atoms with E-state index in [-0.39, 0.29) is 12.7 Å². The number of rotatable bonds is 3. The lowest BCUT2D eigenvalue weighted by Crippen LogP contribution is -2.22. The third-order valence-corrected chi connectivity index (χ3v) is 3.49. The van der Waals surface area contributed by atoms with Crippen LogP contribution < -0.4 is 5.73 Å². The number of amides is 1. The highest BCUT2D eigenvalue weighted by Crippen LogP contribution is 2.36. The summed E-state index contributed by atoms with van der Waals surface area (Å²) in [5.41, 5.74) is 8.71. The summed E-state index contributed by atoms with van der Waals surface area (Å²) in [5.74, 6) is -0.418. The van der Waals surface area contributed by atoms with E-state index in [1.807, 2.05) is 12.1 Å². The highest BCUT2D eigenvalue weighted by Gasteiger charge is 2.24. The standard InChI is InChI=1S/C14H16N2O2/c15-13(17)8-18-12-7-3-5-10-9-4-1-2-6-11(9)16-14(10)12/h1-2,4,6,12,16H,3,5,7-8H2,(H2,15,17). The maximum absolute atomic E-state index is 10.8. The number of ether oxygens (including phenoxy) is 1. The van der Waals surface area contributed by atoms with Crippen LogP contribution in [0.4, 0.5) is 0 Å². The lowest BCUT2D eigenvalue weighted by Gasteiger charge is -2.22. The number of carbonyl (C=O) groups is 1. The molecule has 3 rings (SSSR count). The largest absolute Gasteiger partial charge is 0.368 e. The first-order valence-corrected chi connectivity index (χ1v) is 6.25. The van der Waals surface area contributed by atoms with Gasteiger partial charge in [0.05, 0.1) is 6.10 Å². The van der Waals surface area contributed by atoms with Crippen LogP contribution in [-0.4, -0.2) is 17.5 Å². The Bertz CT molecular complexity index is 588. The number of hydrogen-bond donors (Lipinski definition) is 2. The van der Waals surface area contributed by atoms with E-state index in [2.05, 4.69) is 17.1 Å². The molecule has 0 radical (unpaired) electrons. The Morgan fingerprint density at radius 1 is 1.44 bits per heavy atom. The van der Waals surface area contributed by atoms with Crippen molar-refractivity contribution < 1.29 is 9.53 Å². The molecule has 94 valence electrons. The molecule has 2 aromatic rings. The Hall–Kier alpha value is -1.81. The van der Waals surface area contributed by atoms with Crippen LogP contribution in [0.2, 0.25) is 0 Å². The number of nitrogens with two attached hydrogens (primary N) is 1. The van der Waals surface area contributed by atoms with Crippen LogP contribution in [0.5, 0.6) is 0 Å². The van der Waals surface area contributed by atoms with E-state index in [0.29, 0.717) is 0 Å². The molecule has 4 nitrogen and oxygen atoms in total. The average molecular weight is 244 g/mol. The second kappa shape index (κ2) is 4.46. The number of aromatic nitrogens is 1. The summed E-state index contributed by atoms with van der Waals surface area (Å²) >= 11 is 0. The molecule has 1 atom stereocenters. The van der Waals surface area contributed by atoms with E-state index >= 15 is 0 Å². The zero-order valence-electron chi connectivity index (χ0n) is 10.1. The molecule has 1 aliphatic carbocycles. The first-order chi connectivity index (χ1) is 8.75. The predicted molar refractivity (Wildman–Crippen MR) is 69.1 cm³/mol. The number of benzene rings is 1. The number of nitrogens with one attached hydrogen (secondary N) is 1. The van der Waals surface area contributed by atoms with Crippen molar-refractivity contribution in [3.8, 4) is 0 Å². The summed E-state index contributed by atoms with van der Waals surface area (Å²) < 4.78 is 5.59. The Balaban J connectivity index is 1.97. The lowest BCUT2D eigenvalue weighted by molar-refractivity contribution is -0.125. The second-order valence-corrected chi connectivity index (χ2v) is 4.72. The number of carbonyl (C=O) groups excluding carboxylic acids is 1. The Morgan fingerprint density at radius 3 is 3.11 bits per heavy atom. The predicted octanol–water partition coefficient (Wildman–Crippen LogP) is 2.05. The third-order valence-electron chi connectivity index (χ3n) is 3.49. The molecule has 0 saturated carbocycles. The fourth-order valence-corrected chi connectivity index (χ4v) is 2.72. The molecule has 1 aromatic carbocycles. The zero-order chi connectivity index (χ0) is 12.5. The smallest absolute Gasteiger partial charge is 0.243 e. The summed E-state index contributed by atoms with van der Waals surface area (Å²) in [6.07, 6.45) is 3.05. The van der Waals surface area contributed by atoms with Gasteiger partial charge >= 0.3 is 0 Å². The number of H-pyrrole nitrogens is 1. The fourth-order valence-electron chi connectivity index (χ4n) is 2.72. The van der Waals surface area contributed by atoms with Gasteiger partial charge in [-0.05, 0) is 30.9 Å². The summed E-state index contributed by atoms with van der Waals surface area (Å²) in [7, 11) is 0. The summed E-state index contributed by atoms with van der Waals surface area (Å²) in [5, 5.41) is 1.26. The number of hydrogen-bond acceptors (Lipinski definition) is 2. The summed E-state index contributed by atoms with van der Waals surface area (Å²) in [6, 6.07) is 8.26. The Labute approximate surface area is 105 Å². The van der Waals surface area contributed by atoms with Crippen LogP contribution in [0.3, 0.4) is 0 Å². The van der Waals surface area contributed by atoms with Crippen LogP contribution >= 0.6 is 0 Å². The van der Waals surface area contributed by atoms with Gasteiger partial charge in [0.2, 0.25) is 5.91 Å². The van der Waals surface area contributed by atoms with E-state index in [0.717, 1.165) is 30.5 Å². The molecule has 0 aliphatic heterocycles. The molecule has 1 aliphatic rings. The van der Waals surface area contributed by atoms with Crippen LogP contribution in [0.25, 0.3) is 10.9 Å². The van der Waals surface area contributed by atoms with Crippen LogP contribution in [-0.2, 0) is 16.0 Å². The van der Waals surface area contributed by atoms with Crippen molar-refractivity contribution in [2.45, 2.75) is 25.4 Å². The minimum absolute atomic E-state index is 0.0144. The third kappa shape index (κ3) is 1.88. The van der Waals surface area contributed by atoms with E-state index in [1.54, 1.807) is 0 Å². The van der Waals surface area contributed by atoms with Gasteiger partial charge < -0.3 is 15.5 Å². The van der Waals surface area contributed by atoms with Crippen molar-refractivity contribution in [1.82, 2.24) is 4.98 Å². The van der Waals surface area contributed by atoms with Crippen molar-refractivity contribution in [2.24, 2.45) is 5.73 Å². The van der Waals surface area contributed by atoms with Crippen molar-refractivity contribution in [1.29, 1.82) is 0 Å². The fraction of sp³-hybridized carbons (Fsp3) is 0.357. The molecule has 0 bridgehead atoms. The number of para-hydroxylation sites is 1. The zero-order valence-corrected chi connectivity index (χ0v) is 10.1. The maximum atomic E-state index is 10.8. The molecule has 0 saturated heterocycles. The van der Waals surface area contributed by atoms with Crippen LogP contribution in [0.15, 0.2) is 24.3 Å². The molecule has 18 heavy (non-hydrogen) atoms. The number of aromatic amines is 1. The van der Waals surface area contributed by atoms with E-state index in [1.165, 1.54) is 10.9 Å². The molecular formula is C14H16N2O2. The van der Waals surface area contributed by atoms with Crippen LogP contribution in [0, 0.1) is 0 Å². The first kappa shape index (κ1) is 11.3. The molecule has 1 unspecified atom stereocenters. The second-order valence-electron chi connectivity index (χ2n) is 4.72. The Kier molecular flexibility index (Phi) is 2.80. The first-order valence-electron chi connectivity index (χ1n) is 6.25. The van der Waals surface area contributed by atoms with Gasteiger partial charge in [-0.2, -0.15) is 0 Å². The summed E-state index contributed by atoms with van der Waals surface area (Å²) in [4.78, 5) is 14.2. The number of aryl methyl sites for hydroxylation is 1. The van der Waals surface area contributed by atoms with Crippen molar-refractivity contribution >= 4 is 16.8 Å². The minimum Gasteiger partial charge on any atom is -0.368 e. The van der Waals surface area contributed by atoms with Gasteiger partial charge in [-0.25, -0.2) is 0 Å². The van der Waals surface area contributed by atoms with Gasteiger partial charge in [-0.15, -0.1) is 0 Å². The van der Waals surface area contributed by atoms with Gasteiger partial charge in [-0.1, -0.05) is 18.2 Å². The van der Waals surface area contributed by atoms with Gasteiger partial charge in [0.1, 0.15) is 6.61 Å². The Morgan fingerprint density at radius 2 is 2.28 bits per heavy atom. The van der Waals surface area contributed by atoms with Gasteiger partial charge in [0.15, 0.2) is 0 Å². The molecule has 1 amide bonds. The highest BCUT2D eigenvalue weighted by molar-refractivity contribution is 5.85. The SMILES string of the molecule is NC(=O)COC1CCCc2c1[nH]c1ccccc21. The molecule has 0 fully saturated rings. The van der Waals surface area contributed by atoms with Crippen molar-refractivity contribution in [3.63, 3.8) is 0 Å². The topological polar surface area (TPSA) is 68.1 Å². The van der Waals surface area contributed by atoms with Gasteiger partial charge in [-0.3, -0.25) is 4.79 Å². The average Bonchev–Trinajstić information content (AvgIpc) is 2.75. The molecule has 0 spiro atoms. The lowest BCUT2D eigenvalue weighted by atomic mass is 9.93. The van der Waals surface area contributed by atoms with E-state index < -0.39 is 5.91 Å². The number of primary amides is 1. The van der Waals surface area contributed by atoms with Crippen molar-refractivity contribution in [2.75, 3.05) is 6.61 Å². The van der Waals surface area contributed by atoms with Crippen LogP contribution in [0.1, 0.15) is 30.2 Å².